The fraction of sp³-hybridized carbons (Fsp3) is 0.791. The number of methoxy groups -OCH3 is 1. The number of ether oxygens (including phenoxy) is 13. The smallest absolute Gasteiger partial charge is 0.334 e. The average molecular weight is 981 g/mol. The Bertz CT molecular complexity index is 1410. The highest BCUT2D eigenvalue weighted by atomic mass is 16.7. The van der Waals surface area contributed by atoms with Gasteiger partial charge in [0, 0.05) is 45.2 Å². The number of hydrogen-bond donors (Lipinski definition) is 1. The van der Waals surface area contributed by atoms with E-state index in [1.165, 1.54) is 12.2 Å². The highest BCUT2D eigenvalue weighted by molar-refractivity contribution is 6.12. The summed E-state index contributed by atoms with van der Waals surface area (Å²) in [6.07, 6.45) is 1.69. The summed E-state index contributed by atoms with van der Waals surface area (Å²) >= 11 is 0. The Hall–Kier alpha value is -4.09. The SMILES string of the molecule is COCCOCCOCCOCCOCCOCCOCCOCCOCCOCCOCCOCCC(=O)N(CCC(=O)ON1C(=O)CCC1=O)CC(=O)NCCOCCN1C(=O)C=CC1=O. The lowest BCUT2D eigenvalue weighted by Gasteiger charge is -2.22. The van der Waals surface area contributed by atoms with E-state index in [9.17, 15) is 33.6 Å². The molecule has 0 bridgehead atoms. The van der Waals surface area contributed by atoms with Crippen molar-refractivity contribution in [2.45, 2.75) is 25.7 Å². The molecule has 0 aromatic heterocycles. The summed E-state index contributed by atoms with van der Waals surface area (Å²) in [5, 5.41) is 3.01. The van der Waals surface area contributed by atoms with Crippen molar-refractivity contribution in [1.82, 2.24) is 20.2 Å². The highest BCUT2D eigenvalue weighted by Gasteiger charge is 2.33. The molecule has 0 spiro atoms. The Labute approximate surface area is 397 Å². The summed E-state index contributed by atoms with van der Waals surface area (Å²) in [5.41, 5.74) is 0. The van der Waals surface area contributed by atoms with Gasteiger partial charge in [0.2, 0.25) is 11.8 Å². The van der Waals surface area contributed by atoms with Crippen LogP contribution < -0.4 is 5.32 Å². The van der Waals surface area contributed by atoms with Crippen LogP contribution >= 0.6 is 0 Å². The van der Waals surface area contributed by atoms with Gasteiger partial charge in [-0.3, -0.25) is 33.7 Å². The number of nitrogens with one attached hydrogen (secondary N) is 1. The summed E-state index contributed by atoms with van der Waals surface area (Å²) in [7, 11) is 1.63. The van der Waals surface area contributed by atoms with E-state index in [-0.39, 0.29) is 71.9 Å². The Morgan fingerprint density at radius 2 is 0.868 bits per heavy atom. The lowest BCUT2D eigenvalue weighted by molar-refractivity contribution is -0.197. The van der Waals surface area contributed by atoms with Crippen molar-refractivity contribution < 1.29 is 100.0 Å². The highest BCUT2D eigenvalue weighted by Crippen LogP contribution is 2.13. The molecule has 0 atom stereocenters. The summed E-state index contributed by atoms with van der Waals surface area (Å²) < 4.78 is 70.3. The maximum atomic E-state index is 13.0. The van der Waals surface area contributed by atoms with Gasteiger partial charge >= 0.3 is 5.97 Å². The average Bonchev–Trinajstić information content (AvgIpc) is 3.82. The second-order valence-electron chi connectivity index (χ2n) is 14.2. The van der Waals surface area contributed by atoms with E-state index in [1.54, 1.807) is 7.11 Å². The number of rotatable bonds is 48. The topological polar surface area (TPSA) is 270 Å². The molecule has 1 N–H and O–H groups in total. The quantitative estimate of drug-likeness (QED) is 0.0515. The molecule has 0 aliphatic carbocycles. The molecule has 0 unspecified atom stereocenters. The number of carbonyl (C=O) groups is 7. The van der Waals surface area contributed by atoms with Gasteiger partial charge < -0.3 is 76.6 Å². The van der Waals surface area contributed by atoms with Gasteiger partial charge in [-0.25, -0.2) is 4.79 Å². The molecule has 0 radical (unpaired) electrons. The van der Waals surface area contributed by atoms with Crippen LogP contribution in [0, 0.1) is 0 Å². The van der Waals surface area contributed by atoms with Crippen LogP contribution in [0.3, 0.4) is 0 Å². The third-order valence-electron chi connectivity index (χ3n) is 9.01. The zero-order valence-corrected chi connectivity index (χ0v) is 39.4. The van der Waals surface area contributed by atoms with Gasteiger partial charge in [0.25, 0.3) is 23.6 Å². The minimum Gasteiger partial charge on any atom is -0.382 e. The van der Waals surface area contributed by atoms with Crippen molar-refractivity contribution in [3.8, 4) is 0 Å². The molecule has 0 aromatic rings. The standard InChI is InChI=1S/C43H72N4O21/c1-55-14-15-58-18-19-60-22-23-62-26-27-64-30-31-66-34-35-67-33-32-65-29-28-63-25-24-61-21-20-59-17-16-56-11-7-38(49)45(9-6-43(54)68-47-41(52)4-5-42(47)53)36-37(48)44-8-12-57-13-10-46-39(50)2-3-40(46)51/h2-3H,4-36H2,1H3,(H,44,48). The first-order valence-electron chi connectivity index (χ1n) is 22.8. The van der Waals surface area contributed by atoms with E-state index < -0.39 is 54.4 Å². The van der Waals surface area contributed by atoms with E-state index in [2.05, 4.69) is 5.32 Å². The fourth-order valence-corrected chi connectivity index (χ4v) is 5.49. The first kappa shape index (κ1) is 60.0. The van der Waals surface area contributed by atoms with Gasteiger partial charge in [-0.2, -0.15) is 0 Å². The molecule has 1 saturated heterocycles. The number of carbonyl (C=O) groups excluding carboxylic acids is 7. The van der Waals surface area contributed by atoms with Crippen LogP contribution in [0.4, 0.5) is 0 Å². The minimum atomic E-state index is -0.926. The summed E-state index contributed by atoms with van der Waals surface area (Å²) in [6, 6.07) is 0. The number of hydroxylamine groups is 2. The molecule has 2 aliphatic rings. The number of nitrogens with zero attached hydrogens (tertiary/aromatic N) is 3. The molecule has 2 heterocycles. The van der Waals surface area contributed by atoms with Crippen molar-refractivity contribution in [2.24, 2.45) is 0 Å². The zero-order valence-electron chi connectivity index (χ0n) is 39.4. The van der Waals surface area contributed by atoms with Crippen LogP contribution in [-0.4, -0.2) is 255 Å². The Morgan fingerprint density at radius 3 is 1.26 bits per heavy atom. The summed E-state index contributed by atoms with van der Waals surface area (Å²) in [6.45, 7) is 9.22. The number of imide groups is 2. The molecular weight excluding hydrogens is 908 g/mol. The van der Waals surface area contributed by atoms with Crippen molar-refractivity contribution in [1.29, 1.82) is 0 Å². The monoisotopic (exact) mass is 980 g/mol. The molecule has 6 amide bonds. The van der Waals surface area contributed by atoms with Gasteiger partial charge in [-0.1, -0.05) is 0 Å². The second kappa shape index (κ2) is 41.8. The zero-order chi connectivity index (χ0) is 49.1. The largest absolute Gasteiger partial charge is 0.382 e. The molecule has 2 rings (SSSR count). The van der Waals surface area contributed by atoms with Gasteiger partial charge in [0.1, 0.15) is 0 Å². The van der Waals surface area contributed by atoms with Gasteiger partial charge in [-0.15, -0.1) is 5.06 Å². The van der Waals surface area contributed by atoms with Crippen LogP contribution in [0.15, 0.2) is 12.2 Å². The Morgan fingerprint density at radius 1 is 0.500 bits per heavy atom. The summed E-state index contributed by atoms with van der Waals surface area (Å²) in [5.74, 6) is -4.11. The van der Waals surface area contributed by atoms with Gasteiger partial charge in [-0.05, 0) is 0 Å². The Kier molecular flexibility index (Phi) is 36.9. The van der Waals surface area contributed by atoms with E-state index in [4.69, 9.17) is 66.4 Å². The maximum Gasteiger partial charge on any atom is 0.334 e. The molecule has 68 heavy (non-hydrogen) atoms. The minimum absolute atomic E-state index is 0.00721. The lowest BCUT2D eigenvalue weighted by Crippen LogP contribution is -2.43. The number of hydrogen-bond acceptors (Lipinski definition) is 21. The summed E-state index contributed by atoms with van der Waals surface area (Å²) in [4.78, 5) is 91.9. The first-order chi connectivity index (χ1) is 33.2. The van der Waals surface area contributed by atoms with Crippen molar-refractivity contribution >= 4 is 41.4 Å². The molecule has 0 aromatic carbocycles. The van der Waals surface area contributed by atoms with E-state index in [0.717, 1.165) is 9.80 Å². The van der Waals surface area contributed by atoms with Crippen LogP contribution in [0.5, 0.6) is 0 Å². The van der Waals surface area contributed by atoms with Crippen molar-refractivity contribution in [3.05, 3.63) is 12.2 Å². The predicted molar refractivity (Wildman–Crippen MR) is 234 cm³/mol. The first-order valence-corrected chi connectivity index (χ1v) is 22.8. The normalized spacial score (nSPS) is 13.7. The predicted octanol–water partition coefficient (Wildman–Crippen LogP) is -1.91. The lowest BCUT2D eigenvalue weighted by atomic mass is 10.3. The van der Waals surface area contributed by atoms with Crippen molar-refractivity contribution in [2.75, 3.05) is 198 Å². The number of amides is 6. The van der Waals surface area contributed by atoms with Crippen LogP contribution in [-0.2, 0) is 100.0 Å². The van der Waals surface area contributed by atoms with Crippen molar-refractivity contribution in [3.63, 3.8) is 0 Å². The molecule has 0 saturated carbocycles. The van der Waals surface area contributed by atoms with E-state index in [1.807, 2.05) is 0 Å². The Balaban J connectivity index is 1.39. The molecule has 25 heteroatoms. The molecule has 2 aliphatic heterocycles. The molecule has 25 nitrogen and oxygen atoms in total. The van der Waals surface area contributed by atoms with Crippen LogP contribution in [0.1, 0.15) is 25.7 Å². The van der Waals surface area contributed by atoms with Gasteiger partial charge in [0.05, 0.1) is 191 Å². The fourth-order valence-electron chi connectivity index (χ4n) is 5.49. The molecule has 1 fully saturated rings. The molecular formula is C43H72N4O21. The third-order valence-corrected chi connectivity index (χ3v) is 9.01. The molecule has 390 valence electrons. The van der Waals surface area contributed by atoms with Gasteiger partial charge in [0.15, 0.2) is 0 Å². The van der Waals surface area contributed by atoms with Crippen LogP contribution in [0.2, 0.25) is 0 Å². The van der Waals surface area contributed by atoms with Crippen LogP contribution in [0.25, 0.3) is 0 Å². The second-order valence-corrected chi connectivity index (χ2v) is 14.2. The van der Waals surface area contributed by atoms with E-state index >= 15 is 0 Å². The third kappa shape index (κ3) is 31.9. The maximum absolute atomic E-state index is 13.0. The van der Waals surface area contributed by atoms with E-state index in [0.29, 0.717) is 137 Å².